The van der Waals surface area contributed by atoms with Crippen LogP contribution in [0.5, 0.6) is 0 Å². The Morgan fingerprint density at radius 2 is 1.64 bits per heavy atom. The summed E-state index contributed by atoms with van der Waals surface area (Å²) < 4.78 is 0. The highest BCUT2D eigenvalue weighted by Crippen LogP contribution is 2.25. The van der Waals surface area contributed by atoms with Gasteiger partial charge in [-0.1, -0.05) is 45.0 Å². The van der Waals surface area contributed by atoms with Crippen molar-refractivity contribution in [1.82, 2.24) is 0 Å². The van der Waals surface area contributed by atoms with Crippen molar-refractivity contribution in [3.63, 3.8) is 0 Å². The molecule has 5 nitrogen and oxygen atoms in total. The molecule has 0 aliphatic rings. The van der Waals surface area contributed by atoms with E-state index in [0.29, 0.717) is 5.56 Å². The van der Waals surface area contributed by atoms with Gasteiger partial charge in [-0.15, -0.1) is 0 Å². The van der Waals surface area contributed by atoms with E-state index in [9.17, 15) is 14.9 Å². The molecule has 2 rings (SSSR count). The molecule has 0 atom stereocenters. The van der Waals surface area contributed by atoms with Crippen LogP contribution in [-0.4, -0.2) is 10.8 Å². The van der Waals surface area contributed by atoms with Gasteiger partial charge in [0.1, 0.15) is 5.69 Å². The third-order valence-corrected chi connectivity index (χ3v) is 3.36. The fourth-order valence-electron chi connectivity index (χ4n) is 2.05. The van der Waals surface area contributed by atoms with Crippen LogP contribution in [-0.2, 0) is 5.41 Å². The van der Waals surface area contributed by atoms with Crippen molar-refractivity contribution in [2.45, 2.75) is 26.2 Å². The maximum atomic E-state index is 12.2. The first-order valence-electron chi connectivity index (χ1n) is 6.94. The van der Waals surface area contributed by atoms with E-state index in [1.54, 1.807) is 24.3 Å². The Morgan fingerprint density at radius 3 is 2.18 bits per heavy atom. The van der Waals surface area contributed by atoms with Crippen molar-refractivity contribution in [3.05, 3.63) is 69.8 Å². The lowest BCUT2D eigenvalue weighted by Gasteiger charge is -2.19. The number of nitrogens with one attached hydrogen (secondary N) is 1. The van der Waals surface area contributed by atoms with E-state index < -0.39 is 4.92 Å². The normalized spacial score (nSPS) is 11.0. The quantitative estimate of drug-likeness (QED) is 0.683. The minimum absolute atomic E-state index is 0.00717. The van der Waals surface area contributed by atoms with Crippen molar-refractivity contribution in [2.75, 3.05) is 5.32 Å². The summed E-state index contributed by atoms with van der Waals surface area (Å²) in [5, 5.41) is 13.5. The predicted molar refractivity (Wildman–Crippen MR) is 86.2 cm³/mol. The zero-order valence-electron chi connectivity index (χ0n) is 12.8. The highest BCUT2D eigenvalue weighted by atomic mass is 16.6. The molecule has 1 amide bonds. The molecule has 22 heavy (non-hydrogen) atoms. The highest BCUT2D eigenvalue weighted by molar-refractivity contribution is 6.05. The van der Waals surface area contributed by atoms with Gasteiger partial charge >= 0.3 is 0 Å². The molecule has 0 aliphatic heterocycles. The number of anilines is 1. The molecule has 2 aromatic carbocycles. The number of nitro groups is 1. The second kappa shape index (κ2) is 5.97. The van der Waals surface area contributed by atoms with Crippen LogP contribution in [0.4, 0.5) is 11.4 Å². The summed E-state index contributed by atoms with van der Waals surface area (Å²) in [7, 11) is 0. The van der Waals surface area contributed by atoms with Gasteiger partial charge in [0.2, 0.25) is 0 Å². The van der Waals surface area contributed by atoms with E-state index in [-0.39, 0.29) is 22.7 Å². The highest BCUT2D eigenvalue weighted by Gasteiger charge is 2.17. The number of nitro benzene ring substituents is 1. The molecule has 0 aromatic heterocycles. The van der Waals surface area contributed by atoms with Gasteiger partial charge in [0.25, 0.3) is 11.6 Å². The van der Waals surface area contributed by atoms with E-state index in [0.717, 1.165) is 5.56 Å². The van der Waals surface area contributed by atoms with Gasteiger partial charge in [-0.05, 0) is 29.2 Å². The fraction of sp³-hybridized carbons (Fsp3) is 0.235. The first-order chi connectivity index (χ1) is 10.3. The standard InChI is InChI=1S/C17H18N2O3/c1-17(2,3)13-10-8-12(9-11-13)16(20)18-14-6-4-5-7-15(14)19(21)22/h4-11H,1-3H3,(H,18,20). The van der Waals surface area contributed by atoms with Gasteiger partial charge in [-0.2, -0.15) is 0 Å². The second-order valence-corrected chi connectivity index (χ2v) is 6.06. The monoisotopic (exact) mass is 298 g/mol. The maximum absolute atomic E-state index is 12.2. The predicted octanol–water partition coefficient (Wildman–Crippen LogP) is 4.14. The minimum Gasteiger partial charge on any atom is -0.316 e. The van der Waals surface area contributed by atoms with Gasteiger partial charge in [-0.3, -0.25) is 14.9 Å². The minimum atomic E-state index is -0.516. The largest absolute Gasteiger partial charge is 0.316 e. The SMILES string of the molecule is CC(C)(C)c1ccc(C(=O)Nc2ccccc2[N+](=O)[O-])cc1. The van der Waals surface area contributed by atoms with Crippen LogP contribution in [0.25, 0.3) is 0 Å². The number of amides is 1. The van der Waals surface area contributed by atoms with Gasteiger partial charge < -0.3 is 5.32 Å². The summed E-state index contributed by atoms with van der Waals surface area (Å²) in [4.78, 5) is 22.6. The first kappa shape index (κ1) is 15.7. The number of nitrogens with zero attached hydrogens (tertiary/aromatic N) is 1. The third kappa shape index (κ3) is 3.49. The topological polar surface area (TPSA) is 72.2 Å². The number of carbonyl (C=O) groups excluding carboxylic acids is 1. The fourth-order valence-corrected chi connectivity index (χ4v) is 2.05. The van der Waals surface area contributed by atoms with E-state index >= 15 is 0 Å². The Balaban J connectivity index is 2.22. The van der Waals surface area contributed by atoms with Crippen LogP contribution in [0.2, 0.25) is 0 Å². The van der Waals surface area contributed by atoms with Crippen LogP contribution in [0.15, 0.2) is 48.5 Å². The number of rotatable bonds is 3. The molecule has 0 saturated heterocycles. The molecule has 5 heteroatoms. The van der Waals surface area contributed by atoms with Crippen LogP contribution in [0.3, 0.4) is 0 Å². The molecule has 0 heterocycles. The number of para-hydroxylation sites is 2. The van der Waals surface area contributed by atoms with Crippen LogP contribution in [0, 0.1) is 10.1 Å². The summed E-state index contributed by atoms with van der Waals surface area (Å²) in [6.07, 6.45) is 0. The molecule has 0 saturated carbocycles. The smallest absolute Gasteiger partial charge is 0.292 e. The molecule has 2 aromatic rings. The summed E-state index contributed by atoms with van der Waals surface area (Å²) in [5.41, 5.74) is 1.66. The van der Waals surface area contributed by atoms with E-state index in [1.807, 2.05) is 12.1 Å². The van der Waals surface area contributed by atoms with E-state index in [1.165, 1.54) is 12.1 Å². The molecule has 0 bridgehead atoms. The average Bonchev–Trinajstić information content (AvgIpc) is 2.46. The molecular weight excluding hydrogens is 280 g/mol. The summed E-state index contributed by atoms with van der Waals surface area (Å²) in [5.74, 6) is -0.366. The van der Waals surface area contributed by atoms with Crippen LogP contribution >= 0.6 is 0 Å². The molecule has 0 radical (unpaired) electrons. The summed E-state index contributed by atoms with van der Waals surface area (Å²) in [6.45, 7) is 6.28. The van der Waals surface area contributed by atoms with Gasteiger partial charge in [-0.25, -0.2) is 0 Å². The van der Waals surface area contributed by atoms with Gasteiger partial charge in [0.05, 0.1) is 4.92 Å². The molecular formula is C17H18N2O3. The Hall–Kier alpha value is -2.69. The van der Waals surface area contributed by atoms with E-state index in [4.69, 9.17) is 0 Å². The van der Waals surface area contributed by atoms with Crippen molar-refractivity contribution in [2.24, 2.45) is 0 Å². The van der Waals surface area contributed by atoms with Gasteiger partial charge in [0.15, 0.2) is 0 Å². The number of carbonyl (C=O) groups is 1. The first-order valence-corrected chi connectivity index (χ1v) is 6.94. The molecule has 0 aliphatic carbocycles. The molecule has 0 spiro atoms. The summed E-state index contributed by atoms with van der Waals surface area (Å²) >= 11 is 0. The number of hydrogen-bond acceptors (Lipinski definition) is 3. The molecule has 1 N–H and O–H groups in total. The molecule has 114 valence electrons. The molecule has 0 fully saturated rings. The van der Waals surface area contributed by atoms with Crippen molar-refractivity contribution < 1.29 is 9.72 Å². The van der Waals surface area contributed by atoms with Gasteiger partial charge in [0, 0.05) is 11.6 Å². The third-order valence-electron chi connectivity index (χ3n) is 3.36. The Kier molecular flexibility index (Phi) is 4.26. The Labute approximate surface area is 129 Å². The maximum Gasteiger partial charge on any atom is 0.292 e. The van der Waals surface area contributed by atoms with E-state index in [2.05, 4.69) is 26.1 Å². The Morgan fingerprint density at radius 1 is 1.05 bits per heavy atom. The lowest BCUT2D eigenvalue weighted by molar-refractivity contribution is -0.383. The number of hydrogen-bond donors (Lipinski definition) is 1. The Bertz CT molecular complexity index is 701. The van der Waals surface area contributed by atoms with Crippen LogP contribution < -0.4 is 5.32 Å². The average molecular weight is 298 g/mol. The van der Waals surface area contributed by atoms with Crippen molar-refractivity contribution in [3.8, 4) is 0 Å². The van der Waals surface area contributed by atoms with Crippen molar-refractivity contribution in [1.29, 1.82) is 0 Å². The van der Waals surface area contributed by atoms with Crippen LogP contribution in [0.1, 0.15) is 36.7 Å². The second-order valence-electron chi connectivity index (χ2n) is 6.06. The molecule has 0 unspecified atom stereocenters. The summed E-state index contributed by atoms with van der Waals surface area (Å²) in [6, 6.07) is 13.3. The zero-order chi connectivity index (χ0) is 16.3. The van der Waals surface area contributed by atoms with Crippen molar-refractivity contribution >= 4 is 17.3 Å². The zero-order valence-corrected chi connectivity index (χ0v) is 12.8. The lowest BCUT2D eigenvalue weighted by atomic mass is 9.87. The lowest BCUT2D eigenvalue weighted by Crippen LogP contribution is -2.15. The number of benzene rings is 2.